The van der Waals surface area contributed by atoms with Gasteiger partial charge in [-0.25, -0.2) is 9.97 Å². The molecular weight excluding hydrogens is 174 g/mol. The highest BCUT2D eigenvalue weighted by Crippen LogP contribution is 2.23. The summed E-state index contributed by atoms with van der Waals surface area (Å²) in [5, 5.41) is 0. The molecule has 0 N–H and O–H groups in total. The van der Waals surface area contributed by atoms with E-state index in [0.717, 1.165) is 17.6 Å². The Balaban J connectivity index is 2.64. The van der Waals surface area contributed by atoms with Crippen molar-refractivity contribution in [3.8, 4) is 0 Å². The summed E-state index contributed by atoms with van der Waals surface area (Å²) in [6, 6.07) is 4.01. The summed E-state index contributed by atoms with van der Waals surface area (Å²) in [5.74, 6) is 0. The van der Waals surface area contributed by atoms with E-state index in [1.807, 2.05) is 12.4 Å². The number of fused-ring (bicyclic) bond motifs is 1. The van der Waals surface area contributed by atoms with E-state index < -0.39 is 0 Å². The third-order valence-corrected chi connectivity index (χ3v) is 2.84. The zero-order valence-corrected chi connectivity index (χ0v) is 8.86. The van der Waals surface area contributed by atoms with Crippen LogP contribution in [0.1, 0.15) is 27.2 Å². The predicted molar refractivity (Wildman–Crippen MR) is 57.1 cm³/mol. The molecule has 0 fully saturated rings. The Morgan fingerprint density at radius 3 is 2.86 bits per heavy atom. The highest BCUT2D eigenvalue weighted by atomic mass is 15.1. The Labute approximate surface area is 83.8 Å². The smallest absolute Gasteiger partial charge is 0.177 e. The summed E-state index contributed by atoms with van der Waals surface area (Å²) in [7, 11) is 0. The first-order valence-electron chi connectivity index (χ1n) is 4.94. The standard InChI is InChI=1S/C11H15N3/c1-4-11(2,3)14-8-13-10-9(14)6-5-7-12-10/h5-8H,4H2,1-3H3. The average Bonchev–Trinajstić information content (AvgIpc) is 2.61. The highest BCUT2D eigenvalue weighted by Gasteiger charge is 2.19. The monoisotopic (exact) mass is 189 g/mol. The third kappa shape index (κ3) is 1.29. The summed E-state index contributed by atoms with van der Waals surface area (Å²) in [4.78, 5) is 8.50. The molecule has 0 aliphatic carbocycles. The van der Waals surface area contributed by atoms with Gasteiger partial charge in [-0.15, -0.1) is 0 Å². The predicted octanol–water partition coefficient (Wildman–Crippen LogP) is 2.58. The van der Waals surface area contributed by atoms with Crippen molar-refractivity contribution in [2.75, 3.05) is 0 Å². The topological polar surface area (TPSA) is 30.7 Å². The van der Waals surface area contributed by atoms with Gasteiger partial charge in [-0.05, 0) is 32.4 Å². The van der Waals surface area contributed by atoms with E-state index in [-0.39, 0.29) is 5.54 Å². The summed E-state index contributed by atoms with van der Waals surface area (Å²) in [6.45, 7) is 6.60. The van der Waals surface area contributed by atoms with Gasteiger partial charge in [0.2, 0.25) is 0 Å². The van der Waals surface area contributed by atoms with Crippen LogP contribution < -0.4 is 0 Å². The Bertz CT molecular complexity index is 442. The van der Waals surface area contributed by atoms with Crippen LogP contribution in [0.5, 0.6) is 0 Å². The maximum absolute atomic E-state index is 4.28. The van der Waals surface area contributed by atoms with E-state index in [9.17, 15) is 0 Å². The summed E-state index contributed by atoms with van der Waals surface area (Å²) in [6.07, 6.45) is 4.73. The van der Waals surface area contributed by atoms with Gasteiger partial charge < -0.3 is 4.57 Å². The molecule has 0 bridgehead atoms. The second-order valence-corrected chi connectivity index (χ2v) is 4.13. The second-order valence-electron chi connectivity index (χ2n) is 4.13. The fourth-order valence-corrected chi connectivity index (χ4v) is 1.50. The Kier molecular flexibility index (Phi) is 2.02. The van der Waals surface area contributed by atoms with Crippen molar-refractivity contribution in [3.63, 3.8) is 0 Å². The van der Waals surface area contributed by atoms with E-state index in [1.54, 1.807) is 6.20 Å². The largest absolute Gasteiger partial charge is 0.324 e. The number of hydrogen-bond acceptors (Lipinski definition) is 2. The molecule has 3 nitrogen and oxygen atoms in total. The fourth-order valence-electron chi connectivity index (χ4n) is 1.50. The summed E-state index contributed by atoms with van der Waals surface area (Å²) in [5.41, 5.74) is 2.05. The molecule has 2 aromatic heterocycles. The first-order valence-corrected chi connectivity index (χ1v) is 4.94. The Hall–Kier alpha value is -1.38. The van der Waals surface area contributed by atoms with Crippen LogP contribution in [0.4, 0.5) is 0 Å². The lowest BCUT2D eigenvalue weighted by atomic mass is 10.0. The van der Waals surface area contributed by atoms with Crippen molar-refractivity contribution >= 4 is 11.2 Å². The maximum atomic E-state index is 4.28. The normalized spacial score (nSPS) is 12.2. The van der Waals surface area contributed by atoms with Crippen LogP contribution >= 0.6 is 0 Å². The average molecular weight is 189 g/mol. The van der Waals surface area contributed by atoms with E-state index in [1.165, 1.54) is 0 Å². The number of hydrogen-bond donors (Lipinski definition) is 0. The van der Waals surface area contributed by atoms with Crippen molar-refractivity contribution in [2.24, 2.45) is 0 Å². The van der Waals surface area contributed by atoms with Crippen molar-refractivity contribution in [2.45, 2.75) is 32.7 Å². The molecule has 2 aromatic rings. The second kappa shape index (κ2) is 3.08. The number of rotatable bonds is 2. The van der Waals surface area contributed by atoms with Crippen LogP contribution in [0.15, 0.2) is 24.7 Å². The van der Waals surface area contributed by atoms with Crippen LogP contribution in [0.3, 0.4) is 0 Å². The van der Waals surface area contributed by atoms with Gasteiger partial charge >= 0.3 is 0 Å². The van der Waals surface area contributed by atoms with E-state index in [2.05, 4.69) is 41.4 Å². The summed E-state index contributed by atoms with van der Waals surface area (Å²) >= 11 is 0. The van der Waals surface area contributed by atoms with Gasteiger partial charge in [0.15, 0.2) is 5.65 Å². The SMILES string of the molecule is CCC(C)(C)n1cnc2ncccc21. The Morgan fingerprint density at radius 2 is 2.14 bits per heavy atom. The molecule has 3 heteroatoms. The van der Waals surface area contributed by atoms with Gasteiger partial charge in [0, 0.05) is 11.7 Å². The van der Waals surface area contributed by atoms with Crippen molar-refractivity contribution < 1.29 is 0 Å². The molecule has 0 amide bonds. The van der Waals surface area contributed by atoms with Gasteiger partial charge in [0.1, 0.15) is 0 Å². The zero-order chi connectivity index (χ0) is 10.2. The van der Waals surface area contributed by atoms with E-state index >= 15 is 0 Å². The van der Waals surface area contributed by atoms with Crippen molar-refractivity contribution in [3.05, 3.63) is 24.7 Å². The van der Waals surface area contributed by atoms with Crippen LogP contribution in [0, 0.1) is 0 Å². The lowest BCUT2D eigenvalue weighted by Gasteiger charge is -2.25. The molecule has 0 spiro atoms. The van der Waals surface area contributed by atoms with Gasteiger partial charge in [-0.2, -0.15) is 0 Å². The molecule has 0 unspecified atom stereocenters. The van der Waals surface area contributed by atoms with Crippen LogP contribution in [-0.4, -0.2) is 14.5 Å². The summed E-state index contributed by atoms with van der Waals surface area (Å²) < 4.78 is 2.19. The van der Waals surface area contributed by atoms with Crippen LogP contribution in [0.2, 0.25) is 0 Å². The van der Waals surface area contributed by atoms with Crippen LogP contribution in [0.25, 0.3) is 11.2 Å². The van der Waals surface area contributed by atoms with E-state index in [0.29, 0.717) is 0 Å². The lowest BCUT2D eigenvalue weighted by molar-refractivity contribution is 0.352. The molecule has 0 atom stereocenters. The quantitative estimate of drug-likeness (QED) is 0.727. The molecule has 0 saturated heterocycles. The zero-order valence-electron chi connectivity index (χ0n) is 8.86. The molecule has 14 heavy (non-hydrogen) atoms. The van der Waals surface area contributed by atoms with Gasteiger partial charge in [0.05, 0.1) is 11.8 Å². The van der Waals surface area contributed by atoms with Crippen LogP contribution in [-0.2, 0) is 5.54 Å². The van der Waals surface area contributed by atoms with E-state index in [4.69, 9.17) is 0 Å². The maximum Gasteiger partial charge on any atom is 0.177 e. The molecule has 0 saturated carbocycles. The molecule has 0 aliphatic rings. The first kappa shape index (κ1) is 9.19. The highest BCUT2D eigenvalue weighted by molar-refractivity contribution is 5.70. The van der Waals surface area contributed by atoms with Crippen molar-refractivity contribution in [1.29, 1.82) is 0 Å². The molecule has 2 heterocycles. The minimum absolute atomic E-state index is 0.109. The minimum atomic E-state index is 0.109. The molecule has 0 aliphatic heterocycles. The fraction of sp³-hybridized carbons (Fsp3) is 0.455. The Morgan fingerprint density at radius 1 is 1.36 bits per heavy atom. The third-order valence-electron chi connectivity index (χ3n) is 2.84. The minimum Gasteiger partial charge on any atom is -0.324 e. The lowest BCUT2D eigenvalue weighted by Crippen LogP contribution is -2.24. The first-order chi connectivity index (χ1) is 6.65. The molecule has 74 valence electrons. The van der Waals surface area contributed by atoms with Gasteiger partial charge in [-0.1, -0.05) is 6.92 Å². The number of imidazole rings is 1. The van der Waals surface area contributed by atoms with Gasteiger partial charge in [0.25, 0.3) is 0 Å². The molecule has 0 aromatic carbocycles. The molecular formula is C11H15N3. The molecule has 0 radical (unpaired) electrons. The number of aromatic nitrogens is 3. The van der Waals surface area contributed by atoms with Crippen molar-refractivity contribution in [1.82, 2.24) is 14.5 Å². The van der Waals surface area contributed by atoms with Gasteiger partial charge in [-0.3, -0.25) is 0 Å². The molecule has 2 rings (SSSR count). The number of pyridine rings is 1. The number of nitrogens with zero attached hydrogens (tertiary/aromatic N) is 3.